The lowest BCUT2D eigenvalue weighted by atomic mass is 9.75. The molecule has 1 unspecified atom stereocenters. The Bertz CT molecular complexity index is 398. The van der Waals surface area contributed by atoms with Gasteiger partial charge in [-0.15, -0.1) is 0 Å². The summed E-state index contributed by atoms with van der Waals surface area (Å²) in [5.74, 6) is -0.140. The first-order valence-corrected chi connectivity index (χ1v) is 6.49. The van der Waals surface area contributed by atoms with Crippen molar-refractivity contribution < 1.29 is 4.39 Å². The molecule has 1 atom stereocenters. The molecule has 1 aromatic rings. The van der Waals surface area contributed by atoms with E-state index in [1.807, 2.05) is 19.1 Å². The fourth-order valence-corrected chi connectivity index (χ4v) is 2.79. The summed E-state index contributed by atoms with van der Waals surface area (Å²) >= 11 is 0. The predicted molar refractivity (Wildman–Crippen MR) is 70.8 cm³/mol. The van der Waals surface area contributed by atoms with E-state index in [0.717, 1.165) is 18.4 Å². The maximum absolute atomic E-state index is 13.7. The van der Waals surface area contributed by atoms with Crippen LogP contribution in [0.5, 0.6) is 0 Å². The molecule has 0 aliphatic heterocycles. The van der Waals surface area contributed by atoms with Crippen LogP contribution in [0.3, 0.4) is 0 Å². The van der Waals surface area contributed by atoms with Crippen LogP contribution in [0.4, 0.5) is 10.1 Å². The molecule has 2 rings (SSSR count). The van der Waals surface area contributed by atoms with Crippen LogP contribution in [-0.4, -0.2) is 6.04 Å². The Morgan fingerprint density at radius 1 is 1.35 bits per heavy atom. The van der Waals surface area contributed by atoms with Gasteiger partial charge in [0.15, 0.2) is 0 Å². The van der Waals surface area contributed by atoms with Gasteiger partial charge in [-0.25, -0.2) is 4.39 Å². The monoisotopic (exact) mass is 235 g/mol. The average Bonchev–Trinajstić information content (AvgIpc) is 2.22. The van der Waals surface area contributed by atoms with Gasteiger partial charge in [0.1, 0.15) is 5.82 Å². The Morgan fingerprint density at radius 2 is 2.12 bits per heavy atom. The second-order valence-electron chi connectivity index (χ2n) is 6.09. The molecule has 1 N–H and O–H groups in total. The lowest BCUT2D eigenvalue weighted by Crippen LogP contribution is -2.32. The molecule has 1 saturated carbocycles. The third-order valence-corrected chi connectivity index (χ3v) is 3.69. The summed E-state index contributed by atoms with van der Waals surface area (Å²) in [6.07, 6.45) is 4.79. The number of aryl methyl sites for hydroxylation is 1. The zero-order chi connectivity index (χ0) is 12.5. The van der Waals surface area contributed by atoms with Gasteiger partial charge >= 0.3 is 0 Å². The van der Waals surface area contributed by atoms with Crippen molar-refractivity contribution in [2.75, 3.05) is 5.32 Å². The molecular formula is C15H22FN. The number of halogens is 1. The average molecular weight is 235 g/mol. The van der Waals surface area contributed by atoms with Crippen molar-refractivity contribution in [2.24, 2.45) is 5.41 Å². The molecule has 94 valence electrons. The highest BCUT2D eigenvalue weighted by Crippen LogP contribution is 2.36. The molecule has 17 heavy (non-hydrogen) atoms. The van der Waals surface area contributed by atoms with Crippen LogP contribution in [0.1, 0.15) is 45.1 Å². The van der Waals surface area contributed by atoms with Crippen LogP contribution in [-0.2, 0) is 0 Å². The van der Waals surface area contributed by atoms with E-state index in [1.54, 1.807) is 6.07 Å². The molecule has 0 radical (unpaired) electrons. The molecule has 0 bridgehead atoms. The minimum absolute atomic E-state index is 0.140. The van der Waals surface area contributed by atoms with E-state index in [1.165, 1.54) is 12.8 Å². The Labute approximate surface area is 103 Å². The molecule has 0 spiro atoms. The molecule has 1 aliphatic carbocycles. The van der Waals surface area contributed by atoms with E-state index in [2.05, 4.69) is 19.2 Å². The van der Waals surface area contributed by atoms with Crippen LogP contribution in [0.25, 0.3) is 0 Å². The highest BCUT2D eigenvalue weighted by molar-refractivity contribution is 5.47. The molecule has 0 saturated heterocycles. The number of hydrogen-bond acceptors (Lipinski definition) is 1. The van der Waals surface area contributed by atoms with Crippen molar-refractivity contribution in [1.29, 1.82) is 0 Å². The van der Waals surface area contributed by atoms with Gasteiger partial charge in [0.2, 0.25) is 0 Å². The van der Waals surface area contributed by atoms with Crippen molar-refractivity contribution in [3.05, 3.63) is 29.6 Å². The lowest BCUT2D eigenvalue weighted by molar-refractivity contribution is 0.229. The zero-order valence-electron chi connectivity index (χ0n) is 11.0. The predicted octanol–water partition coefficient (Wildman–Crippen LogP) is 4.51. The van der Waals surface area contributed by atoms with Crippen LogP contribution in [0.15, 0.2) is 18.2 Å². The minimum atomic E-state index is -0.140. The first-order chi connectivity index (χ1) is 7.96. The Morgan fingerprint density at radius 3 is 2.82 bits per heavy atom. The zero-order valence-corrected chi connectivity index (χ0v) is 11.0. The fraction of sp³-hybridized carbons (Fsp3) is 0.600. The van der Waals surface area contributed by atoms with E-state index in [9.17, 15) is 4.39 Å². The number of rotatable bonds is 2. The molecule has 2 heteroatoms. The highest BCUT2D eigenvalue weighted by Gasteiger charge is 2.28. The summed E-state index contributed by atoms with van der Waals surface area (Å²) in [5.41, 5.74) is 2.15. The SMILES string of the molecule is Cc1ccc(F)c(NC2CCCC(C)(C)C2)c1. The molecule has 1 nitrogen and oxygen atoms in total. The number of anilines is 1. The molecule has 0 aromatic heterocycles. The summed E-state index contributed by atoms with van der Waals surface area (Å²) in [5, 5.41) is 3.37. The Kier molecular flexibility index (Phi) is 3.41. The van der Waals surface area contributed by atoms with Gasteiger partial charge in [-0.3, -0.25) is 0 Å². The van der Waals surface area contributed by atoms with Gasteiger partial charge in [0.05, 0.1) is 5.69 Å². The van der Waals surface area contributed by atoms with Crippen LogP contribution in [0.2, 0.25) is 0 Å². The van der Waals surface area contributed by atoms with Gasteiger partial charge in [-0.1, -0.05) is 26.3 Å². The summed E-state index contributed by atoms with van der Waals surface area (Å²) in [6, 6.07) is 5.67. The normalized spacial score (nSPS) is 23.4. The van der Waals surface area contributed by atoms with Crippen molar-refractivity contribution >= 4 is 5.69 Å². The third-order valence-electron chi connectivity index (χ3n) is 3.69. The summed E-state index contributed by atoms with van der Waals surface area (Å²) in [6.45, 7) is 6.59. The summed E-state index contributed by atoms with van der Waals surface area (Å²) in [7, 11) is 0. The van der Waals surface area contributed by atoms with E-state index in [-0.39, 0.29) is 5.82 Å². The van der Waals surface area contributed by atoms with Gasteiger partial charge in [-0.05, 0) is 49.3 Å². The quantitative estimate of drug-likeness (QED) is 0.795. The van der Waals surface area contributed by atoms with Crippen molar-refractivity contribution in [2.45, 2.75) is 52.5 Å². The summed E-state index contributed by atoms with van der Waals surface area (Å²) in [4.78, 5) is 0. The van der Waals surface area contributed by atoms with E-state index in [0.29, 0.717) is 17.1 Å². The third kappa shape index (κ3) is 3.21. The van der Waals surface area contributed by atoms with Crippen molar-refractivity contribution in [3.8, 4) is 0 Å². The van der Waals surface area contributed by atoms with Gasteiger partial charge in [0, 0.05) is 6.04 Å². The maximum Gasteiger partial charge on any atom is 0.146 e. The van der Waals surface area contributed by atoms with Crippen LogP contribution < -0.4 is 5.32 Å². The largest absolute Gasteiger partial charge is 0.380 e. The minimum Gasteiger partial charge on any atom is -0.380 e. The van der Waals surface area contributed by atoms with Crippen LogP contribution >= 0.6 is 0 Å². The van der Waals surface area contributed by atoms with E-state index < -0.39 is 0 Å². The topological polar surface area (TPSA) is 12.0 Å². The van der Waals surface area contributed by atoms with Gasteiger partial charge in [0.25, 0.3) is 0 Å². The molecule has 1 aliphatic rings. The molecule has 0 amide bonds. The number of benzene rings is 1. The maximum atomic E-state index is 13.7. The molecular weight excluding hydrogens is 213 g/mol. The first-order valence-electron chi connectivity index (χ1n) is 6.49. The Balaban J connectivity index is 2.07. The lowest BCUT2D eigenvalue weighted by Gasteiger charge is -2.36. The van der Waals surface area contributed by atoms with Crippen molar-refractivity contribution in [3.63, 3.8) is 0 Å². The molecule has 1 aromatic carbocycles. The molecule has 1 fully saturated rings. The van der Waals surface area contributed by atoms with Gasteiger partial charge in [-0.2, -0.15) is 0 Å². The van der Waals surface area contributed by atoms with E-state index in [4.69, 9.17) is 0 Å². The second kappa shape index (κ2) is 4.67. The smallest absolute Gasteiger partial charge is 0.146 e. The number of nitrogens with one attached hydrogen (secondary N) is 1. The molecule has 0 heterocycles. The highest BCUT2D eigenvalue weighted by atomic mass is 19.1. The second-order valence-corrected chi connectivity index (χ2v) is 6.09. The fourth-order valence-electron chi connectivity index (χ4n) is 2.79. The van der Waals surface area contributed by atoms with Gasteiger partial charge < -0.3 is 5.32 Å². The van der Waals surface area contributed by atoms with Crippen molar-refractivity contribution in [1.82, 2.24) is 0 Å². The Hall–Kier alpha value is -1.05. The standard InChI is InChI=1S/C15H22FN/c1-11-6-7-13(16)14(9-11)17-12-5-4-8-15(2,3)10-12/h6-7,9,12,17H,4-5,8,10H2,1-3H3. The first kappa shape index (κ1) is 12.4. The van der Waals surface area contributed by atoms with Crippen LogP contribution in [0, 0.1) is 18.2 Å². The summed E-state index contributed by atoms with van der Waals surface area (Å²) < 4.78 is 13.7. The number of hydrogen-bond donors (Lipinski definition) is 1. The van der Waals surface area contributed by atoms with E-state index >= 15 is 0 Å².